The van der Waals surface area contributed by atoms with Crippen LogP contribution in [0.15, 0.2) is 30.3 Å². The molecule has 5 rings (SSSR count). The Balaban J connectivity index is 1.62. The molecule has 1 saturated heterocycles. The van der Waals surface area contributed by atoms with Gasteiger partial charge in [0.25, 0.3) is 0 Å². The Hall–Kier alpha value is -2.20. The second-order valence-electron chi connectivity index (χ2n) is 7.25. The summed E-state index contributed by atoms with van der Waals surface area (Å²) in [6, 6.07) is 11.7. The van der Waals surface area contributed by atoms with Crippen molar-refractivity contribution in [2.75, 3.05) is 38.8 Å². The Kier molecular flexibility index (Phi) is 3.42. The summed E-state index contributed by atoms with van der Waals surface area (Å²) >= 11 is 0. The molecule has 0 amide bonds. The molecule has 2 aromatic carbocycles. The number of hydrogen-bond donors (Lipinski definition) is 1. The maximum Gasteiger partial charge on any atom is 0.161 e. The van der Waals surface area contributed by atoms with Crippen LogP contribution in [0.1, 0.15) is 23.5 Å². The molecule has 0 spiro atoms. The number of nitrogens with one attached hydrogen (secondary N) is 1. The smallest absolute Gasteiger partial charge is 0.161 e. The van der Waals surface area contributed by atoms with Gasteiger partial charge in [-0.3, -0.25) is 0 Å². The fraction of sp³-hybridized carbons (Fsp3) is 0.429. The number of ether oxygens (including phenoxy) is 2. The standard InChI is InChI=1S/C21H24N2O2/c1-24-19-4-3-13(11-20(19)25-2)15-9-14-6-8-23-18-5-7-22-12-17(18)16(10-15)21(14)23/h3-4,9-11,17-18,22H,5-8,12H2,1-2H3/t17-,18-/m1/s1. The van der Waals surface area contributed by atoms with Crippen LogP contribution in [0.3, 0.4) is 0 Å². The lowest BCUT2D eigenvalue weighted by molar-refractivity contribution is 0.355. The molecule has 0 unspecified atom stereocenters. The van der Waals surface area contributed by atoms with Gasteiger partial charge in [-0.1, -0.05) is 6.07 Å². The van der Waals surface area contributed by atoms with E-state index >= 15 is 0 Å². The van der Waals surface area contributed by atoms with Gasteiger partial charge in [-0.2, -0.15) is 0 Å². The molecule has 2 aromatic rings. The predicted molar refractivity (Wildman–Crippen MR) is 100 cm³/mol. The van der Waals surface area contributed by atoms with Crippen LogP contribution in [-0.4, -0.2) is 39.9 Å². The van der Waals surface area contributed by atoms with Gasteiger partial charge in [-0.15, -0.1) is 0 Å². The molecule has 0 aliphatic carbocycles. The molecule has 130 valence electrons. The highest BCUT2D eigenvalue weighted by molar-refractivity contribution is 5.78. The van der Waals surface area contributed by atoms with Crippen LogP contribution >= 0.6 is 0 Å². The molecular formula is C21H24N2O2. The largest absolute Gasteiger partial charge is 0.493 e. The summed E-state index contributed by atoms with van der Waals surface area (Å²) < 4.78 is 10.9. The van der Waals surface area contributed by atoms with Gasteiger partial charge in [0.1, 0.15) is 0 Å². The number of methoxy groups -OCH3 is 2. The number of nitrogens with zero attached hydrogens (tertiary/aromatic N) is 1. The molecular weight excluding hydrogens is 312 g/mol. The average Bonchev–Trinajstić information content (AvgIpc) is 3.24. The number of hydrogen-bond acceptors (Lipinski definition) is 4. The minimum atomic E-state index is 0.628. The minimum Gasteiger partial charge on any atom is -0.493 e. The summed E-state index contributed by atoms with van der Waals surface area (Å²) in [7, 11) is 3.37. The highest BCUT2D eigenvalue weighted by Crippen LogP contribution is 2.50. The summed E-state index contributed by atoms with van der Waals surface area (Å²) in [5, 5.41) is 3.59. The number of piperidine rings is 1. The van der Waals surface area contributed by atoms with Crippen LogP contribution in [0.5, 0.6) is 11.5 Å². The molecule has 0 bridgehead atoms. The third kappa shape index (κ3) is 2.17. The van der Waals surface area contributed by atoms with Crippen molar-refractivity contribution in [3.8, 4) is 22.6 Å². The number of fused-ring (bicyclic) bond motifs is 3. The van der Waals surface area contributed by atoms with Gasteiger partial charge in [0.05, 0.1) is 14.2 Å². The first kappa shape index (κ1) is 15.1. The lowest BCUT2D eigenvalue weighted by atomic mass is 9.87. The van der Waals surface area contributed by atoms with Crippen molar-refractivity contribution in [1.82, 2.24) is 5.32 Å². The number of benzene rings is 2. The highest BCUT2D eigenvalue weighted by atomic mass is 16.5. The molecule has 0 radical (unpaired) electrons. The van der Waals surface area contributed by atoms with Gasteiger partial charge in [0.2, 0.25) is 0 Å². The van der Waals surface area contributed by atoms with Crippen molar-refractivity contribution < 1.29 is 9.47 Å². The molecule has 1 N–H and O–H groups in total. The molecule has 4 nitrogen and oxygen atoms in total. The van der Waals surface area contributed by atoms with Crippen LogP contribution in [-0.2, 0) is 6.42 Å². The van der Waals surface area contributed by atoms with Crippen LogP contribution in [0.4, 0.5) is 5.69 Å². The molecule has 3 aliphatic heterocycles. The Morgan fingerprint density at radius 3 is 2.76 bits per heavy atom. The van der Waals surface area contributed by atoms with Crippen molar-refractivity contribution in [1.29, 1.82) is 0 Å². The number of rotatable bonds is 3. The first-order chi connectivity index (χ1) is 12.3. The van der Waals surface area contributed by atoms with Crippen molar-refractivity contribution in [2.24, 2.45) is 0 Å². The van der Waals surface area contributed by atoms with Crippen molar-refractivity contribution in [3.63, 3.8) is 0 Å². The maximum absolute atomic E-state index is 5.50. The SMILES string of the molecule is COc1ccc(-c2cc3c4c(c2)[C@H]2CNCC[C@H]2N4CC3)cc1OC. The third-order valence-electron chi connectivity index (χ3n) is 6.09. The van der Waals surface area contributed by atoms with E-state index in [0.29, 0.717) is 12.0 Å². The second-order valence-corrected chi connectivity index (χ2v) is 7.25. The molecule has 1 fully saturated rings. The van der Waals surface area contributed by atoms with Crippen molar-refractivity contribution in [3.05, 3.63) is 41.5 Å². The number of anilines is 1. The van der Waals surface area contributed by atoms with E-state index in [-0.39, 0.29) is 0 Å². The molecule has 3 heterocycles. The van der Waals surface area contributed by atoms with Gasteiger partial charge < -0.3 is 19.7 Å². The fourth-order valence-corrected chi connectivity index (χ4v) is 4.94. The summed E-state index contributed by atoms with van der Waals surface area (Å²) in [5.74, 6) is 2.19. The zero-order valence-electron chi connectivity index (χ0n) is 14.8. The van der Waals surface area contributed by atoms with Gasteiger partial charge in [-0.25, -0.2) is 0 Å². The van der Waals surface area contributed by atoms with E-state index in [9.17, 15) is 0 Å². The fourth-order valence-electron chi connectivity index (χ4n) is 4.94. The predicted octanol–water partition coefficient (Wildman–Crippen LogP) is 3.19. The van der Waals surface area contributed by atoms with Crippen LogP contribution in [0.25, 0.3) is 11.1 Å². The van der Waals surface area contributed by atoms with E-state index in [4.69, 9.17) is 9.47 Å². The molecule has 0 aromatic heterocycles. The summed E-state index contributed by atoms with van der Waals surface area (Å²) in [6.45, 7) is 3.42. The van der Waals surface area contributed by atoms with Crippen LogP contribution in [0, 0.1) is 0 Å². The Morgan fingerprint density at radius 2 is 1.92 bits per heavy atom. The Labute approximate surface area is 148 Å². The minimum absolute atomic E-state index is 0.628. The maximum atomic E-state index is 5.50. The quantitative estimate of drug-likeness (QED) is 0.933. The van der Waals surface area contributed by atoms with E-state index < -0.39 is 0 Å². The molecule has 3 aliphatic rings. The molecule has 25 heavy (non-hydrogen) atoms. The van der Waals surface area contributed by atoms with E-state index in [2.05, 4.69) is 34.5 Å². The monoisotopic (exact) mass is 336 g/mol. The highest BCUT2D eigenvalue weighted by Gasteiger charge is 2.43. The normalized spacial score (nSPS) is 23.4. The molecule has 4 heteroatoms. The zero-order valence-corrected chi connectivity index (χ0v) is 14.8. The first-order valence-electron chi connectivity index (χ1n) is 9.16. The lowest BCUT2D eigenvalue weighted by Crippen LogP contribution is -2.43. The van der Waals surface area contributed by atoms with Crippen molar-refractivity contribution in [2.45, 2.75) is 24.8 Å². The lowest BCUT2D eigenvalue weighted by Gasteiger charge is -2.32. The Morgan fingerprint density at radius 1 is 1.04 bits per heavy atom. The topological polar surface area (TPSA) is 33.7 Å². The van der Waals surface area contributed by atoms with Gasteiger partial charge in [0.15, 0.2) is 11.5 Å². The van der Waals surface area contributed by atoms with Crippen LogP contribution < -0.4 is 19.7 Å². The van der Waals surface area contributed by atoms with Crippen LogP contribution in [0.2, 0.25) is 0 Å². The zero-order chi connectivity index (χ0) is 17.0. The van der Waals surface area contributed by atoms with Crippen molar-refractivity contribution >= 4 is 5.69 Å². The molecule has 2 atom stereocenters. The van der Waals surface area contributed by atoms with Gasteiger partial charge >= 0.3 is 0 Å². The Bertz CT molecular complexity index is 833. The summed E-state index contributed by atoms with van der Waals surface area (Å²) in [5.41, 5.74) is 7.07. The van der Waals surface area contributed by atoms with E-state index in [0.717, 1.165) is 24.6 Å². The van der Waals surface area contributed by atoms with E-state index in [1.807, 2.05) is 6.07 Å². The first-order valence-corrected chi connectivity index (χ1v) is 9.16. The second kappa shape index (κ2) is 5.67. The van der Waals surface area contributed by atoms with Gasteiger partial charge in [-0.05, 0) is 65.9 Å². The third-order valence-corrected chi connectivity index (χ3v) is 6.09. The van der Waals surface area contributed by atoms with E-state index in [1.165, 1.54) is 47.3 Å². The summed E-state index contributed by atoms with van der Waals surface area (Å²) in [6.07, 6.45) is 2.42. The summed E-state index contributed by atoms with van der Waals surface area (Å²) in [4.78, 5) is 2.68. The molecule has 0 saturated carbocycles. The van der Waals surface area contributed by atoms with Gasteiger partial charge in [0, 0.05) is 30.7 Å². The average molecular weight is 336 g/mol. The van der Waals surface area contributed by atoms with E-state index in [1.54, 1.807) is 14.2 Å².